The van der Waals surface area contributed by atoms with Gasteiger partial charge in [-0.2, -0.15) is 0 Å². The van der Waals surface area contributed by atoms with Gasteiger partial charge in [-0.1, -0.05) is 120 Å². The minimum atomic E-state index is -1.94. The van der Waals surface area contributed by atoms with Crippen molar-refractivity contribution in [3.8, 4) is 0 Å². The first-order valence-electron chi connectivity index (χ1n) is 31.5. The number of carboxylic acid groups (broad SMARTS) is 1. The molecule has 4 aromatic carbocycles. The van der Waals surface area contributed by atoms with Crippen molar-refractivity contribution in [2.45, 2.75) is 139 Å². The molecule has 8 rings (SSSR count). The van der Waals surface area contributed by atoms with Crippen molar-refractivity contribution in [3.63, 3.8) is 0 Å². The normalized spacial score (nSPS) is 24.4. The first-order valence-corrected chi connectivity index (χ1v) is 34.3. The second-order valence-corrected chi connectivity index (χ2v) is 27.2. The monoisotopic (exact) mass is 1380 g/mol. The summed E-state index contributed by atoms with van der Waals surface area (Å²) in [4.78, 5) is 182. The zero-order valence-electron chi connectivity index (χ0n) is 53.1. The number of aliphatic carboxylic acids is 1. The standard InChI is InChI=1S/C65H80ClN15O13S2/c1-34(2)24-45-55(84)73-44(14-8-22-69-65(67)68)63(92)81-23-9-15-53(81)62(91)79-50(64(93)94)31-71-54(83)29-49-59(88)80-52(61(90)76-47(57(86)74-45)27-37-16-19-38-10-4-5-11-39(38)25-37)33-96-95-32-51(72-35(3)82)60(89)75-46(26-36-17-20-41(66)21-18-36)56(85)77-48(58(87)78-49)28-40-30-70-43-13-7-6-12-42(40)43/h4-7,10-13,16-21,25,30,34,44-53,70H,8-9,14-15,22-24,26-29,31-33H2,1-3H3,(H,71,83)(H,72,82)(H,73,84)(H,74,86)(H,75,89)(H,76,90)(H,77,85)(H,78,87)(H,79,91)(H,80,88)(H,93,94)(H4,67,68,69)/t44-,45-,46+,47+,48+,49-,50-,51-,52-,53-/m0/s1. The van der Waals surface area contributed by atoms with Crippen LogP contribution in [0.3, 0.4) is 0 Å². The summed E-state index contributed by atoms with van der Waals surface area (Å²) in [6, 6.07) is 11.1. The fourth-order valence-corrected chi connectivity index (χ4v) is 13.9. The van der Waals surface area contributed by atoms with E-state index in [0.717, 1.165) is 32.4 Å². The number of para-hydroxylation sites is 1. The molecule has 4 heterocycles. The molecule has 96 heavy (non-hydrogen) atoms. The summed E-state index contributed by atoms with van der Waals surface area (Å²) in [6.45, 7) is 4.06. The van der Waals surface area contributed by atoms with Crippen LogP contribution in [0, 0.1) is 5.92 Å². The number of fused-ring (bicyclic) bond motifs is 6. The summed E-state index contributed by atoms with van der Waals surface area (Å²) in [6.07, 6.45) is 0.522. The maximum Gasteiger partial charge on any atom is 0.328 e. The van der Waals surface area contributed by atoms with Crippen LogP contribution in [0.4, 0.5) is 0 Å². The van der Waals surface area contributed by atoms with E-state index >= 15 is 19.2 Å². The first-order chi connectivity index (χ1) is 45.9. The molecule has 512 valence electrons. The number of aliphatic imine (C=N–C) groups is 1. The minimum absolute atomic E-state index is 0.00762. The number of nitrogens with one attached hydrogen (secondary N) is 11. The third-order valence-corrected chi connectivity index (χ3v) is 19.0. The summed E-state index contributed by atoms with van der Waals surface area (Å²) in [5.41, 5.74) is 13.5. The lowest BCUT2D eigenvalue weighted by Gasteiger charge is -2.31. The van der Waals surface area contributed by atoms with E-state index in [-0.39, 0.29) is 81.4 Å². The van der Waals surface area contributed by atoms with Crippen LogP contribution in [-0.4, -0.2) is 183 Å². The molecule has 3 fully saturated rings. The quantitative estimate of drug-likeness (QED) is 0.0311. The van der Waals surface area contributed by atoms with E-state index in [1.54, 1.807) is 74.6 Å². The molecule has 0 spiro atoms. The Morgan fingerprint density at radius 2 is 1.26 bits per heavy atom. The van der Waals surface area contributed by atoms with Gasteiger partial charge in [-0.05, 0) is 83.7 Å². The molecule has 31 heteroatoms. The van der Waals surface area contributed by atoms with Crippen molar-refractivity contribution in [1.29, 1.82) is 0 Å². The molecular weight excluding hydrogens is 1300 g/mol. The van der Waals surface area contributed by atoms with Gasteiger partial charge in [0.05, 0.1) is 6.42 Å². The summed E-state index contributed by atoms with van der Waals surface area (Å²) in [5, 5.41) is 39.8. The summed E-state index contributed by atoms with van der Waals surface area (Å²) in [7, 11) is 1.94. The number of carboxylic acids is 1. The minimum Gasteiger partial charge on any atom is -0.480 e. The van der Waals surface area contributed by atoms with Gasteiger partial charge < -0.3 is 79.6 Å². The molecule has 0 saturated carbocycles. The van der Waals surface area contributed by atoms with Crippen LogP contribution in [0.1, 0.15) is 76.0 Å². The fourth-order valence-electron chi connectivity index (χ4n) is 11.5. The molecule has 0 radical (unpaired) electrons. The highest BCUT2D eigenvalue weighted by Gasteiger charge is 2.41. The second-order valence-electron chi connectivity index (χ2n) is 24.2. The molecular formula is C65H80ClN15O13S2. The van der Waals surface area contributed by atoms with Crippen LogP contribution < -0.4 is 64.6 Å². The predicted octanol–water partition coefficient (Wildman–Crippen LogP) is 0.476. The van der Waals surface area contributed by atoms with Gasteiger partial charge in [0.25, 0.3) is 0 Å². The van der Waals surface area contributed by atoms with Crippen molar-refractivity contribution >= 4 is 132 Å². The maximum absolute atomic E-state index is 15.3. The SMILES string of the molecule is CC(=O)N[C@H]1CSSC[C@@H]2NC(=O)[C@H](CC(=O)NC[C@@H](C(=O)O)NC(=O)[C@@H]3CCCN3C(=O)[C@H](CCCN=C(N)N)NC(=O)[C@H](CC(C)C)NC(=O)[C@@H](Cc3ccc4ccccc4c3)NC2=O)NC(=O)[C@@H](Cc2c[nH]c3ccccc23)NC(=O)[C@@H](Cc2ccc(Cl)cc2)NC1=O. The number of carbonyl (C=O) groups is 12. The number of benzene rings is 4. The average molecular weight is 1380 g/mol. The van der Waals surface area contributed by atoms with Crippen LogP contribution in [0.25, 0.3) is 21.7 Å². The Bertz CT molecular complexity index is 3740. The Morgan fingerprint density at radius 1 is 0.667 bits per heavy atom. The van der Waals surface area contributed by atoms with Gasteiger partial charge in [0.2, 0.25) is 65.0 Å². The zero-order chi connectivity index (χ0) is 69.2. The van der Waals surface area contributed by atoms with Crippen LogP contribution in [0.15, 0.2) is 102 Å². The van der Waals surface area contributed by atoms with Gasteiger partial charge in [-0.3, -0.25) is 57.7 Å². The Hall–Kier alpha value is -9.42. The van der Waals surface area contributed by atoms with E-state index < -0.39 is 144 Å². The third kappa shape index (κ3) is 20.5. The Labute approximate surface area is 566 Å². The molecule has 3 aliphatic heterocycles. The van der Waals surface area contributed by atoms with Crippen molar-refractivity contribution in [1.82, 2.24) is 63.1 Å². The Kier molecular flexibility index (Phi) is 25.9. The molecule has 11 amide bonds. The number of carbonyl (C=O) groups excluding carboxylic acids is 11. The number of aromatic nitrogens is 1. The van der Waals surface area contributed by atoms with E-state index in [2.05, 4.69) is 63.1 Å². The summed E-state index contributed by atoms with van der Waals surface area (Å²) >= 11 is 6.23. The fraction of sp³-hybridized carbons (Fsp3) is 0.431. The van der Waals surface area contributed by atoms with Gasteiger partial charge in [0, 0.05) is 79.4 Å². The van der Waals surface area contributed by atoms with Crippen LogP contribution >= 0.6 is 33.2 Å². The van der Waals surface area contributed by atoms with E-state index in [9.17, 15) is 43.5 Å². The van der Waals surface area contributed by atoms with Crippen LogP contribution in [-0.2, 0) is 76.8 Å². The molecule has 3 saturated heterocycles. The van der Waals surface area contributed by atoms with Gasteiger partial charge in [-0.25, -0.2) is 4.79 Å². The lowest BCUT2D eigenvalue weighted by Crippen LogP contribution is -2.61. The van der Waals surface area contributed by atoms with E-state index in [0.29, 0.717) is 39.0 Å². The second kappa shape index (κ2) is 34.3. The van der Waals surface area contributed by atoms with Crippen molar-refractivity contribution in [2.24, 2.45) is 22.4 Å². The van der Waals surface area contributed by atoms with Crippen LogP contribution in [0.2, 0.25) is 5.02 Å². The molecule has 0 aliphatic carbocycles. The number of amides is 11. The molecule has 3 aliphatic rings. The molecule has 16 N–H and O–H groups in total. The largest absolute Gasteiger partial charge is 0.480 e. The van der Waals surface area contributed by atoms with Crippen LogP contribution in [0.5, 0.6) is 0 Å². The number of hydrogen-bond donors (Lipinski definition) is 14. The predicted molar refractivity (Wildman–Crippen MR) is 362 cm³/mol. The topological polar surface area (TPSA) is 429 Å². The number of aromatic amines is 1. The van der Waals surface area contributed by atoms with Crippen molar-refractivity contribution < 1.29 is 62.6 Å². The zero-order valence-corrected chi connectivity index (χ0v) is 55.5. The summed E-state index contributed by atoms with van der Waals surface area (Å²) < 4.78 is 0. The summed E-state index contributed by atoms with van der Waals surface area (Å²) in [5.74, 6) is -12.4. The first kappa shape index (κ1) is 72.4. The van der Waals surface area contributed by atoms with Crippen molar-refractivity contribution in [2.75, 3.05) is 31.1 Å². The average Bonchev–Trinajstić information content (AvgIpc) is 1.58. The number of guanidine groups is 1. The number of rotatable bonds is 14. The molecule has 10 atom stereocenters. The lowest BCUT2D eigenvalue weighted by molar-refractivity contribution is -0.145. The van der Waals surface area contributed by atoms with Gasteiger partial charge in [-0.15, -0.1) is 0 Å². The number of hydrogen-bond acceptors (Lipinski definition) is 15. The molecule has 5 aromatic rings. The van der Waals surface area contributed by atoms with E-state index in [1.807, 2.05) is 36.4 Å². The molecule has 1 aromatic heterocycles. The Balaban J connectivity index is 1.22. The highest BCUT2D eigenvalue weighted by molar-refractivity contribution is 8.76. The smallest absolute Gasteiger partial charge is 0.328 e. The lowest BCUT2D eigenvalue weighted by atomic mass is 9.99. The number of halogens is 1. The molecule has 2 bridgehead atoms. The Morgan fingerprint density at radius 3 is 1.97 bits per heavy atom. The van der Waals surface area contributed by atoms with Gasteiger partial charge >= 0.3 is 5.97 Å². The van der Waals surface area contributed by atoms with E-state index in [4.69, 9.17) is 23.1 Å². The van der Waals surface area contributed by atoms with Gasteiger partial charge in [0.1, 0.15) is 60.4 Å². The number of nitrogens with zero attached hydrogens (tertiary/aromatic N) is 2. The third-order valence-electron chi connectivity index (χ3n) is 16.4. The number of nitrogens with two attached hydrogens (primary N) is 2. The van der Waals surface area contributed by atoms with Crippen molar-refractivity contribution in [3.05, 3.63) is 119 Å². The molecule has 0 unspecified atom stereocenters. The number of H-pyrrole nitrogens is 1. The van der Waals surface area contributed by atoms with E-state index in [1.165, 1.54) is 11.8 Å². The molecule has 28 nitrogen and oxygen atoms in total. The highest BCUT2D eigenvalue weighted by Crippen LogP contribution is 2.26. The van der Waals surface area contributed by atoms with Gasteiger partial charge in [0.15, 0.2) is 5.96 Å². The maximum atomic E-state index is 15.3. The highest BCUT2D eigenvalue weighted by atomic mass is 35.5.